The summed E-state index contributed by atoms with van der Waals surface area (Å²) in [6.07, 6.45) is 2.74. The number of aryl methyl sites for hydroxylation is 2. The molecule has 0 aliphatic rings. The third kappa shape index (κ3) is 3.52. The number of nitrogens with zero attached hydrogens (tertiary/aromatic N) is 3. The lowest BCUT2D eigenvalue weighted by molar-refractivity contribution is 0.202. The van der Waals surface area contributed by atoms with E-state index in [1.54, 1.807) is 6.20 Å². The maximum Gasteiger partial charge on any atom is 0.169 e. The first kappa shape index (κ1) is 17.5. The zero-order valence-corrected chi connectivity index (χ0v) is 15.8. The van der Waals surface area contributed by atoms with Gasteiger partial charge in [-0.1, -0.05) is 35.9 Å². The summed E-state index contributed by atoms with van der Waals surface area (Å²) >= 11 is 6.03. The Labute approximate surface area is 162 Å². The van der Waals surface area contributed by atoms with Crippen molar-refractivity contribution >= 4 is 23.1 Å². The second kappa shape index (κ2) is 7.02. The summed E-state index contributed by atoms with van der Waals surface area (Å²) in [6.45, 7) is 3.98. The highest BCUT2D eigenvalue weighted by atomic mass is 35.5. The Hall–Kier alpha value is -2.89. The van der Waals surface area contributed by atoms with Crippen molar-refractivity contribution in [3.8, 4) is 11.3 Å². The van der Waals surface area contributed by atoms with Gasteiger partial charge in [0, 0.05) is 23.0 Å². The highest BCUT2D eigenvalue weighted by Gasteiger charge is 2.21. The van der Waals surface area contributed by atoms with Gasteiger partial charge in [0.25, 0.3) is 0 Å². The van der Waals surface area contributed by atoms with E-state index in [2.05, 4.69) is 10.3 Å². The highest BCUT2D eigenvalue weighted by molar-refractivity contribution is 6.30. The lowest BCUT2D eigenvalue weighted by atomic mass is 10.1. The van der Waals surface area contributed by atoms with Gasteiger partial charge in [0.1, 0.15) is 11.5 Å². The van der Waals surface area contributed by atoms with E-state index in [0.717, 1.165) is 22.3 Å². The van der Waals surface area contributed by atoms with Crippen molar-refractivity contribution in [3.05, 3.63) is 82.8 Å². The Bertz CT molecular complexity index is 1090. The van der Waals surface area contributed by atoms with Crippen LogP contribution in [0.25, 0.3) is 16.9 Å². The standard InChI is InChI=1S/C21H19ClN4O/c1-13-3-9-17(23-11-13)24-21(27)20-19(15-5-7-16(22)8-6-15)25-18-10-4-14(2)12-26(18)20/h3-12,21,27H,1-2H3,(H,23,24). The Morgan fingerprint density at radius 3 is 2.44 bits per heavy atom. The first-order chi connectivity index (χ1) is 13.0. The molecule has 1 unspecified atom stereocenters. The molecule has 4 aromatic rings. The van der Waals surface area contributed by atoms with Crippen LogP contribution in [0.5, 0.6) is 0 Å². The summed E-state index contributed by atoms with van der Waals surface area (Å²) in [7, 11) is 0. The number of hydrogen-bond donors (Lipinski definition) is 2. The van der Waals surface area contributed by atoms with Gasteiger partial charge in [-0.15, -0.1) is 0 Å². The van der Waals surface area contributed by atoms with Gasteiger partial charge in [-0.2, -0.15) is 0 Å². The van der Waals surface area contributed by atoms with Gasteiger partial charge in [-0.3, -0.25) is 4.40 Å². The Morgan fingerprint density at radius 1 is 1.00 bits per heavy atom. The normalized spacial score (nSPS) is 12.3. The number of fused-ring (bicyclic) bond motifs is 1. The molecule has 0 radical (unpaired) electrons. The third-order valence-corrected chi connectivity index (χ3v) is 4.63. The average molecular weight is 379 g/mol. The van der Waals surface area contributed by atoms with Crippen LogP contribution in [0.4, 0.5) is 5.82 Å². The fraction of sp³-hybridized carbons (Fsp3) is 0.143. The predicted octanol–water partition coefficient (Wildman–Crippen LogP) is 4.77. The van der Waals surface area contributed by atoms with Crippen molar-refractivity contribution in [2.45, 2.75) is 20.1 Å². The van der Waals surface area contributed by atoms with Crippen LogP contribution in [0.1, 0.15) is 23.0 Å². The Morgan fingerprint density at radius 2 is 1.74 bits per heavy atom. The van der Waals surface area contributed by atoms with Gasteiger partial charge >= 0.3 is 0 Å². The largest absolute Gasteiger partial charge is 0.368 e. The zero-order valence-electron chi connectivity index (χ0n) is 15.0. The van der Waals surface area contributed by atoms with Crippen LogP contribution in [-0.4, -0.2) is 19.5 Å². The number of rotatable bonds is 4. The predicted molar refractivity (Wildman–Crippen MR) is 108 cm³/mol. The molecule has 1 aromatic carbocycles. The molecule has 3 aromatic heterocycles. The molecule has 0 amide bonds. The number of benzene rings is 1. The monoisotopic (exact) mass is 378 g/mol. The van der Waals surface area contributed by atoms with Crippen molar-refractivity contribution in [3.63, 3.8) is 0 Å². The highest BCUT2D eigenvalue weighted by Crippen LogP contribution is 2.30. The third-order valence-electron chi connectivity index (χ3n) is 4.38. The molecule has 0 fully saturated rings. The minimum absolute atomic E-state index is 0.595. The van der Waals surface area contributed by atoms with Crippen LogP contribution < -0.4 is 5.32 Å². The van der Waals surface area contributed by atoms with Crippen LogP contribution >= 0.6 is 11.6 Å². The number of aliphatic hydroxyl groups excluding tert-OH is 1. The van der Waals surface area contributed by atoms with E-state index in [0.29, 0.717) is 22.2 Å². The number of imidazole rings is 1. The maximum atomic E-state index is 11.0. The van der Waals surface area contributed by atoms with Gasteiger partial charge < -0.3 is 10.4 Å². The number of anilines is 1. The van der Waals surface area contributed by atoms with Crippen LogP contribution in [0.15, 0.2) is 60.9 Å². The maximum absolute atomic E-state index is 11.0. The summed E-state index contributed by atoms with van der Waals surface area (Å²) in [5.74, 6) is 0.595. The Kier molecular flexibility index (Phi) is 4.56. The molecule has 0 aliphatic heterocycles. The molecule has 0 spiro atoms. The summed E-state index contributed by atoms with van der Waals surface area (Å²) < 4.78 is 1.91. The van der Waals surface area contributed by atoms with Crippen molar-refractivity contribution in [2.24, 2.45) is 0 Å². The first-order valence-corrected chi connectivity index (χ1v) is 9.01. The number of pyridine rings is 2. The average Bonchev–Trinajstić information content (AvgIpc) is 3.03. The van der Waals surface area contributed by atoms with Crippen LogP contribution in [0, 0.1) is 13.8 Å². The van der Waals surface area contributed by atoms with Gasteiger partial charge in [0.05, 0.1) is 11.4 Å². The Balaban J connectivity index is 1.83. The molecule has 6 heteroatoms. The fourth-order valence-corrected chi connectivity index (χ4v) is 3.14. The number of aromatic nitrogens is 3. The molecule has 1 atom stereocenters. The van der Waals surface area contributed by atoms with Crippen molar-refractivity contribution in [1.29, 1.82) is 0 Å². The van der Waals surface area contributed by atoms with Crippen LogP contribution in [0.2, 0.25) is 5.02 Å². The summed E-state index contributed by atoms with van der Waals surface area (Å²) in [5, 5.41) is 14.7. The molecule has 0 aliphatic carbocycles. The lowest BCUT2D eigenvalue weighted by Gasteiger charge is -2.15. The molecule has 2 N–H and O–H groups in total. The molecule has 0 saturated carbocycles. The van der Waals surface area contributed by atoms with Crippen molar-refractivity contribution in [1.82, 2.24) is 14.4 Å². The minimum atomic E-state index is -0.984. The smallest absolute Gasteiger partial charge is 0.169 e. The molecule has 4 rings (SSSR count). The van der Waals surface area contributed by atoms with E-state index < -0.39 is 6.23 Å². The van der Waals surface area contributed by atoms with E-state index in [-0.39, 0.29) is 0 Å². The number of hydrogen-bond acceptors (Lipinski definition) is 4. The molecule has 27 heavy (non-hydrogen) atoms. The number of nitrogens with one attached hydrogen (secondary N) is 1. The molecule has 0 bridgehead atoms. The second-order valence-electron chi connectivity index (χ2n) is 6.55. The van der Waals surface area contributed by atoms with Crippen molar-refractivity contribution in [2.75, 3.05) is 5.32 Å². The van der Waals surface area contributed by atoms with Crippen molar-refractivity contribution < 1.29 is 5.11 Å². The second-order valence-corrected chi connectivity index (χ2v) is 6.99. The molecular formula is C21H19ClN4O. The summed E-state index contributed by atoms with van der Waals surface area (Å²) in [4.78, 5) is 9.05. The van der Waals surface area contributed by atoms with Gasteiger partial charge in [0.15, 0.2) is 6.23 Å². The van der Waals surface area contributed by atoms with E-state index in [1.165, 1.54) is 0 Å². The molecular weight excluding hydrogens is 360 g/mol. The van der Waals surface area contributed by atoms with E-state index in [9.17, 15) is 5.11 Å². The van der Waals surface area contributed by atoms with E-state index in [1.807, 2.05) is 73.0 Å². The zero-order chi connectivity index (χ0) is 19.0. The van der Waals surface area contributed by atoms with E-state index >= 15 is 0 Å². The van der Waals surface area contributed by atoms with Crippen LogP contribution in [0.3, 0.4) is 0 Å². The molecule has 3 heterocycles. The molecule has 5 nitrogen and oxygen atoms in total. The lowest BCUT2D eigenvalue weighted by Crippen LogP contribution is -2.14. The van der Waals surface area contributed by atoms with Crippen LogP contribution in [-0.2, 0) is 0 Å². The summed E-state index contributed by atoms with van der Waals surface area (Å²) in [6, 6.07) is 15.2. The number of halogens is 1. The molecule has 0 saturated heterocycles. The topological polar surface area (TPSA) is 62.5 Å². The van der Waals surface area contributed by atoms with Gasteiger partial charge in [-0.05, 0) is 49.2 Å². The SMILES string of the molecule is Cc1ccc(NC(O)c2c(-c3ccc(Cl)cc3)nc3ccc(C)cn23)nc1. The minimum Gasteiger partial charge on any atom is -0.368 e. The quantitative estimate of drug-likeness (QED) is 0.502. The van der Waals surface area contributed by atoms with Gasteiger partial charge in [-0.25, -0.2) is 9.97 Å². The van der Waals surface area contributed by atoms with E-state index in [4.69, 9.17) is 16.6 Å². The molecule has 136 valence electrons. The number of aliphatic hydroxyl groups is 1. The first-order valence-electron chi connectivity index (χ1n) is 8.63. The summed E-state index contributed by atoms with van der Waals surface area (Å²) in [5.41, 5.74) is 5.13. The van der Waals surface area contributed by atoms with Gasteiger partial charge in [0.2, 0.25) is 0 Å². The fourth-order valence-electron chi connectivity index (χ4n) is 3.01.